The van der Waals surface area contributed by atoms with E-state index in [-0.39, 0.29) is 0 Å². The van der Waals surface area contributed by atoms with Crippen LogP contribution in [0.15, 0.2) is 18.2 Å². The van der Waals surface area contributed by atoms with Gasteiger partial charge in [0.05, 0.1) is 28.1 Å². The molecule has 0 aliphatic carbocycles. The summed E-state index contributed by atoms with van der Waals surface area (Å²) in [6.07, 6.45) is 0. The average Bonchev–Trinajstić information content (AvgIpc) is 2.50. The number of carbonyl (C=O) groups is 2. The van der Waals surface area contributed by atoms with Crippen LogP contribution in [0, 0.1) is 20.2 Å². The van der Waals surface area contributed by atoms with Crippen molar-refractivity contribution in [1.82, 2.24) is 0 Å². The van der Waals surface area contributed by atoms with Crippen molar-refractivity contribution in [2.45, 2.75) is 0 Å². The minimum atomic E-state index is -1.61. The SMILES string of the molecule is COc1cc(C(=O)O)c2c(C(=O)O)ccc([N+](=O)[O-])c2c1[N+](=O)[O-]. The smallest absolute Gasteiger partial charge is 0.336 e. The lowest BCUT2D eigenvalue weighted by molar-refractivity contribution is -0.390. The van der Waals surface area contributed by atoms with Crippen LogP contribution in [0.4, 0.5) is 11.4 Å². The first-order chi connectivity index (χ1) is 11.2. The van der Waals surface area contributed by atoms with Gasteiger partial charge in [-0.05, 0) is 6.07 Å². The van der Waals surface area contributed by atoms with Crippen molar-refractivity contribution in [3.63, 3.8) is 0 Å². The van der Waals surface area contributed by atoms with E-state index in [0.717, 1.165) is 25.3 Å². The van der Waals surface area contributed by atoms with Gasteiger partial charge in [0.15, 0.2) is 5.75 Å². The van der Waals surface area contributed by atoms with Crippen molar-refractivity contribution in [3.05, 3.63) is 49.6 Å². The molecule has 24 heavy (non-hydrogen) atoms. The number of ether oxygens (including phenoxy) is 1. The van der Waals surface area contributed by atoms with E-state index >= 15 is 0 Å². The Labute approximate surface area is 132 Å². The first-order valence-corrected chi connectivity index (χ1v) is 6.13. The predicted octanol–water partition coefficient (Wildman–Crippen LogP) is 2.06. The number of hydrogen-bond acceptors (Lipinski definition) is 7. The molecule has 0 spiro atoms. The zero-order valence-corrected chi connectivity index (χ0v) is 11.9. The molecule has 0 aromatic heterocycles. The topological polar surface area (TPSA) is 170 Å². The summed E-state index contributed by atoms with van der Waals surface area (Å²) in [4.78, 5) is 43.4. The molecule has 0 fully saturated rings. The highest BCUT2D eigenvalue weighted by Gasteiger charge is 2.33. The molecule has 11 heteroatoms. The number of nitrogens with zero attached hydrogens (tertiary/aromatic N) is 2. The maximum absolute atomic E-state index is 11.4. The number of nitro groups is 2. The number of non-ortho nitro benzene ring substituents is 1. The zero-order chi connectivity index (χ0) is 18.2. The third-order valence-corrected chi connectivity index (χ3v) is 3.26. The zero-order valence-electron chi connectivity index (χ0n) is 11.9. The maximum atomic E-state index is 11.4. The number of carboxylic acid groups (broad SMARTS) is 2. The quantitative estimate of drug-likeness (QED) is 0.612. The summed E-state index contributed by atoms with van der Waals surface area (Å²) < 4.78 is 4.77. The molecule has 0 radical (unpaired) electrons. The highest BCUT2D eigenvalue weighted by atomic mass is 16.6. The Morgan fingerprint density at radius 3 is 2.00 bits per heavy atom. The normalized spacial score (nSPS) is 10.4. The lowest BCUT2D eigenvalue weighted by Crippen LogP contribution is -2.08. The van der Waals surface area contributed by atoms with Crippen LogP contribution >= 0.6 is 0 Å². The van der Waals surface area contributed by atoms with E-state index in [1.165, 1.54) is 0 Å². The number of benzene rings is 2. The molecule has 0 heterocycles. The van der Waals surface area contributed by atoms with Crippen LogP contribution in [0.2, 0.25) is 0 Å². The molecular formula is C13H8N2O9. The minimum Gasteiger partial charge on any atom is -0.490 e. The first kappa shape index (κ1) is 16.6. The molecule has 124 valence electrons. The van der Waals surface area contributed by atoms with Gasteiger partial charge in [-0.25, -0.2) is 9.59 Å². The summed E-state index contributed by atoms with van der Waals surface area (Å²) in [7, 11) is 1.02. The molecule has 2 N–H and O–H groups in total. The second-order valence-corrected chi connectivity index (χ2v) is 4.48. The van der Waals surface area contributed by atoms with Crippen molar-refractivity contribution in [2.75, 3.05) is 7.11 Å². The van der Waals surface area contributed by atoms with Gasteiger partial charge in [-0.3, -0.25) is 20.2 Å². The number of aromatic carboxylic acids is 2. The van der Waals surface area contributed by atoms with Crippen molar-refractivity contribution in [2.24, 2.45) is 0 Å². The van der Waals surface area contributed by atoms with E-state index < -0.39 is 60.8 Å². The van der Waals surface area contributed by atoms with E-state index in [9.17, 15) is 40.0 Å². The molecule has 0 aliphatic heterocycles. The Morgan fingerprint density at radius 1 is 1.00 bits per heavy atom. The summed E-state index contributed by atoms with van der Waals surface area (Å²) in [5, 5.41) is 39.7. The molecule has 11 nitrogen and oxygen atoms in total. The molecule has 0 unspecified atom stereocenters. The number of hydrogen-bond donors (Lipinski definition) is 2. The van der Waals surface area contributed by atoms with Gasteiger partial charge in [-0.2, -0.15) is 0 Å². The summed E-state index contributed by atoms with van der Waals surface area (Å²) in [6, 6.07) is 2.36. The van der Waals surface area contributed by atoms with Crippen LogP contribution in [0.5, 0.6) is 5.75 Å². The van der Waals surface area contributed by atoms with E-state index in [4.69, 9.17) is 4.74 Å². The van der Waals surface area contributed by atoms with Gasteiger partial charge in [0.2, 0.25) is 0 Å². The number of nitro benzene ring substituents is 2. The van der Waals surface area contributed by atoms with Crippen LogP contribution in [-0.4, -0.2) is 39.1 Å². The van der Waals surface area contributed by atoms with Crippen LogP contribution < -0.4 is 4.74 Å². The van der Waals surface area contributed by atoms with Crippen LogP contribution in [0.25, 0.3) is 10.8 Å². The minimum absolute atomic E-state index is 0.532. The molecule has 0 amide bonds. The van der Waals surface area contributed by atoms with Gasteiger partial charge in [0.1, 0.15) is 5.39 Å². The van der Waals surface area contributed by atoms with Gasteiger partial charge in [0.25, 0.3) is 5.69 Å². The first-order valence-electron chi connectivity index (χ1n) is 6.13. The average molecular weight is 336 g/mol. The van der Waals surface area contributed by atoms with Crippen LogP contribution in [0.3, 0.4) is 0 Å². The molecule has 0 saturated carbocycles. The predicted molar refractivity (Wildman–Crippen MR) is 77.7 cm³/mol. The Bertz CT molecular complexity index is 920. The van der Waals surface area contributed by atoms with Gasteiger partial charge in [-0.15, -0.1) is 0 Å². The summed E-state index contributed by atoms with van der Waals surface area (Å²) in [5.74, 6) is -3.73. The van der Waals surface area contributed by atoms with Crippen molar-refractivity contribution in [1.29, 1.82) is 0 Å². The molecule has 2 aromatic carbocycles. The van der Waals surface area contributed by atoms with E-state index in [0.29, 0.717) is 0 Å². The fraction of sp³-hybridized carbons (Fsp3) is 0.0769. The second-order valence-electron chi connectivity index (χ2n) is 4.48. The summed E-state index contributed by atoms with van der Waals surface area (Å²) in [5.41, 5.74) is -2.96. The molecule has 0 atom stereocenters. The lowest BCUT2D eigenvalue weighted by atomic mass is 9.95. The second kappa shape index (κ2) is 5.79. The van der Waals surface area contributed by atoms with Crippen LogP contribution in [0.1, 0.15) is 20.7 Å². The van der Waals surface area contributed by atoms with Gasteiger partial charge < -0.3 is 14.9 Å². The standard InChI is InChI=1S/C13H8N2O9/c1-24-8-4-6(13(18)19)9-5(12(16)17)2-3-7(14(20)21)10(9)11(8)15(22)23/h2-4H,1H3,(H,16,17)(H,18,19). The Balaban J connectivity index is 3.27. The molecule has 2 aromatic rings. The summed E-state index contributed by atoms with van der Waals surface area (Å²) >= 11 is 0. The third-order valence-electron chi connectivity index (χ3n) is 3.26. The molecule has 2 rings (SSSR count). The van der Waals surface area contributed by atoms with Crippen molar-refractivity contribution < 1.29 is 34.4 Å². The van der Waals surface area contributed by atoms with Crippen LogP contribution in [-0.2, 0) is 0 Å². The monoisotopic (exact) mass is 336 g/mol. The number of rotatable bonds is 5. The molecule has 0 saturated heterocycles. The third kappa shape index (κ3) is 2.43. The highest BCUT2D eigenvalue weighted by molar-refractivity contribution is 6.18. The fourth-order valence-electron chi connectivity index (χ4n) is 2.34. The van der Waals surface area contributed by atoms with Crippen molar-refractivity contribution >= 4 is 34.1 Å². The summed E-state index contributed by atoms with van der Waals surface area (Å²) in [6.45, 7) is 0. The number of carboxylic acids is 2. The largest absolute Gasteiger partial charge is 0.490 e. The van der Waals surface area contributed by atoms with Crippen molar-refractivity contribution in [3.8, 4) is 5.75 Å². The van der Waals surface area contributed by atoms with Gasteiger partial charge in [0, 0.05) is 17.5 Å². The Morgan fingerprint density at radius 2 is 1.58 bits per heavy atom. The molecule has 0 bridgehead atoms. The number of methoxy groups -OCH3 is 1. The molecule has 0 aliphatic rings. The van der Waals surface area contributed by atoms with Gasteiger partial charge in [-0.1, -0.05) is 0 Å². The highest BCUT2D eigenvalue weighted by Crippen LogP contribution is 2.43. The van der Waals surface area contributed by atoms with E-state index in [2.05, 4.69) is 0 Å². The van der Waals surface area contributed by atoms with E-state index in [1.807, 2.05) is 0 Å². The Kier molecular flexibility index (Phi) is 4.01. The molecular weight excluding hydrogens is 328 g/mol. The fourth-order valence-corrected chi connectivity index (χ4v) is 2.34. The maximum Gasteiger partial charge on any atom is 0.336 e. The lowest BCUT2D eigenvalue weighted by Gasteiger charge is -2.11. The number of fused-ring (bicyclic) bond motifs is 1. The Hall–Kier alpha value is -3.76. The van der Waals surface area contributed by atoms with E-state index in [1.54, 1.807) is 0 Å². The van der Waals surface area contributed by atoms with Gasteiger partial charge >= 0.3 is 17.6 Å².